The number of ketones is 1. The lowest BCUT2D eigenvalue weighted by atomic mass is 9.97. The van der Waals surface area contributed by atoms with Gasteiger partial charge in [0.2, 0.25) is 0 Å². The normalized spacial score (nSPS) is 20.2. The molecule has 2 rings (SSSR count). The highest BCUT2D eigenvalue weighted by Crippen LogP contribution is 2.19. The third-order valence-corrected chi connectivity index (χ3v) is 3.31. The van der Waals surface area contributed by atoms with E-state index in [1.165, 1.54) is 18.2 Å². The van der Waals surface area contributed by atoms with Gasteiger partial charge >= 0.3 is 0 Å². The second-order valence-corrected chi connectivity index (χ2v) is 4.83. The van der Waals surface area contributed by atoms with Gasteiger partial charge in [-0.15, -0.1) is 0 Å². The standard InChI is InChI=1S/C13H15ClFNO/c14-9-4-5-12(15)11(7-9)13(17)8-10-3-1-2-6-16-10/h4-5,7,10,16H,1-3,6,8H2. The van der Waals surface area contributed by atoms with Gasteiger partial charge in [-0.1, -0.05) is 18.0 Å². The van der Waals surface area contributed by atoms with E-state index in [4.69, 9.17) is 11.6 Å². The van der Waals surface area contributed by atoms with E-state index in [1.54, 1.807) is 0 Å². The van der Waals surface area contributed by atoms with Crippen molar-refractivity contribution in [1.29, 1.82) is 0 Å². The molecule has 1 saturated heterocycles. The minimum absolute atomic E-state index is 0.102. The van der Waals surface area contributed by atoms with Gasteiger partial charge in [-0.25, -0.2) is 4.39 Å². The summed E-state index contributed by atoms with van der Waals surface area (Å²) in [6.07, 6.45) is 3.60. The molecule has 1 aromatic carbocycles. The Morgan fingerprint density at radius 1 is 1.47 bits per heavy atom. The van der Waals surface area contributed by atoms with Crippen molar-refractivity contribution in [3.05, 3.63) is 34.6 Å². The average Bonchev–Trinajstić information content (AvgIpc) is 2.33. The topological polar surface area (TPSA) is 29.1 Å². The lowest BCUT2D eigenvalue weighted by Gasteiger charge is -2.22. The third-order valence-electron chi connectivity index (χ3n) is 3.07. The molecule has 1 fully saturated rings. The minimum atomic E-state index is -0.491. The van der Waals surface area contributed by atoms with E-state index in [-0.39, 0.29) is 17.4 Å². The first-order valence-corrected chi connectivity index (χ1v) is 6.26. The molecule has 0 aromatic heterocycles. The lowest BCUT2D eigenvalue weighted by Crippen LogP contribution is -2.35. The number of rotatable bonds is 3. The van der Waals surface area contributed by atoms with E-state index in [9.17, 15) is 9.18 Å². The second kappa shape index (κ2) is 5.61. The Bertz CT molecular complexity index is 416. The number of Topliss-reactive ketones (excluding diaryl/α,β-unsaturated/α-hetero) is 1. The van der Waals surface area contributed by atoms with Gasteiger partial charge in [0.05, 0.1) is 5.56 Å². The zero-order valence-electron chi connectivity index (χ0n) is 9.51. The minimum Gasteiger partial charge on any atom is -0.314 e. The first-order valence-electron chi connectivity index (χ1n) is 5.88. The van der Waals surface area contributed by atoms with Crippen LogP contribution < -0.4 is 5.32 Å². The summed E-state index contributed by atoms with van der Waals surface area (Å²) in [5, 5.41) is 3.67. The summed E-state index contributed by atoms with van der Waals surface area (Å²) in [6.45, 7) is 0.940. The number of hydrogen-bond donors (Lipinski definition) is 1. The molecule has 0 saturated carbocycles. The molecular formula is C13H15ClFNO. The van der Waals surface area contributed by atoms with E-state index < -0.39 is 5.82 Å². The van der Waals surface area contributed by atoms with Crippen LogP contribution in [-0.4, -0.2) is 18.4 Å². The van der Waals surface area contributed by atoms with Crippen LogP contribution in [0, 0.1) is 5.82 Å². The van der Waals surface area contributed by atoms with Gasteiger partial charge in [0, 0.05) is 17.5 Å². The van der Waals surface area contributed by atoms with Gasteiger partial charge in [-0.05, 0) is 37.6 Å². The molecule has 92 valence electrons. The van der Waals surface area contributed by atoms with Crippen LogP contribution >= 0.6 is 11.6 Å². The smallest absolute Gasteiger partial charge is 0.167 e. The van der Waals surface area contributed by atoms with Crippen molar-refractivity contribution in [1.82, 2.24) is 5.32 Å². The van der Waals surface area contributed by atoms with Crippen molar-refractivity contribution in [3.63, 3.8) is 0 Å². The lowest BCUT2D eigenvalue weighted by molar-refractivity contribution is 0.0960. The maximum absolute atomic E-state index is 13.5. The number of carbonyl (C=O) groups excluding carboxylic acids is 1. The largest absolute Gasteiger partial charge is 0.314 e. The van der Waals surface area contributed by atoms with Gasteiger partial charge in [0.25, 0.3) is 0 Å². The summed E-state index contributed by atoms with van der Waals surface area (Å²) < 4.78 is 13.5. The molecular weight excluding hydrogens is 241 g/mol. The Balaban J connectivity index is 2.05. The van der Waals surface area contributed by atoms with E-state index in [1.807, 2.05) is 0 Å². The molecule has 1 unspecified atom stereocenters. The van der Waals surface area contributed by atoms with Crippen LogP contribution in [0.15, 0.2) is 18.2 Å². The number of hydrogen-bond acceptors (Lipinski definition) is 2. The van der Waals surface area contributed by atoms with E-state index in [0.29, 0.717) is 11.4 Å². The molecule has 1 aromatic rings. The van der Waals surface area contributed by atoms with E-state index in [0.717, 1.165) is 25.8 Å². The fourth-order valence-electron chi connectivity index (χ4n) is 2.14. The Kier molecular flexibility index (Phi) is 4.13. The maximum Gasteiger partial charge on any atom is 0.167 e. The van der Waals surface area contributed by atoms with Crippen LogP contribution in [0.1, 0.15) is 36.0 Å². The van der Waals surface area contributed by atoms with Crippen LogP contribution in [0.3, 0.4) is 0 Å². The van der Waals surface area contributed by atoms with Crippen molar-refractivity contribution in [2.24, 2.45) is 0 Å². The van der Waals surface area contributed by atoms with Crippen molar-refractivity contribution in [2.45, 2.75) is 31.7 Å². The highest BCUT2D eigenvalue weighted by molar-refractivity contribution is 6.31. The monoisotopic (exact) mass is 255 g/mol. The van der Waals surface area contributed by atoms with Crippen LogP contribution in [0.5, 0.6) is 0 Å². The SMILES string of the molecule is O=C(CC1CCCCN1)c1cc(Cl)ccc1F. The summed E-state index contributed by atoms with van der Waals surface area (Å²) in [5.74, 6) is -0.667. The molecule has 0 amide bonds. The highest BCUT2D eigenvalue weighted by atomic mass is 35.5. The fourth-order valence-corrected chi connectivity index (χ4v) is 2.32. The summed E-state index contributed by atoms with van der Waals surface area (Å²) >= 11 is 5.77. The molecule has 0 aliphatic carbocycles. The Hall–Kier alpha value is -0.930. The molecule has 2 nitrogen and oxygen atoms in total. The maximum atomic E-state index is 13.5. The van der Waals surface area contributed by atoms with Crippen molar-refractivity contribution < 1.29 is 9.18 Å². The number of nitrogens with one attached hydrogen (secondary N) is 1. The predicted molar refractivity (Wildman–Crippen MR) is 66.0 cm³/mol. The molecule has 0 radical (unpaired) electrons. The number of benzene rings is 1. The second-order valence-electron chi connectivity index (χ2n) is 4.40. The number of piperidine rings is 1. The summed E-state index contributed by atoms with van der Waals surface area (Å²) in [7, 11) is 0. The Morgan fingerprint density at radius 3 is 3.00 bits per heavy atom. The van der Waals surface area contributed by atoms with Gasteiger partial charge in [-0.2, -0.15) is 0 Å². The molecule has 1 heterocycles. The number of carbonyl (C=O) groups is 1. The Labute approximate surface area is 105 Å². The van der Waals surface area contributed by atoms with E-state index in [2.05, 4.69) is 5.32 Å². The molecule has 1 atom stereocenters. The molecule has 0 bridgehead atoms. The van der Waals surface area contributed by atoms with Gasteiger partial charge < -0.3 is 5.32 Å². The molecule has 0 spiro atoms. The zero-order valence-corrected chi connectivity index (χ0v) is 10.3. The average molecular weight is 256 g/mol. The quantitative estimate of drug-likeness (QED) is 0.841. The van der Waals surface area contributed by atoms with E-state index >= 15 is 0 Å². The van der Waals surface area contributed by atoms with Gasteiger partial charge in [0.15, 0.2) is 5.78 Å². The summed E-state index contributed by atoms with van der Waals surface area (Å²) in [6, 6.07) is 4.27. The number of halogens is 2. The van der Waals surface area contributed by atoms with Crippen LogP contribution in [-0.2, 0) is 0 Å². The van der Waals surface area contributed by atoms with Crippen LogP contribution in [0.4, 0.5) is 4.39 Å². The molecule has 1 aliphatic rings. The summed E-state index contributed by atoms with van der Waals surface area (Å²) in [5.41, 5.74) is 0.102. The van der Waals surface area contributed by atoms with Crippen molar-refractivity contribution >= 4 is 17.4 Å². The van der Waals surface area contributed by atoms with Crippen LogP contribution in [0.2, 0.25) is 5.02 Å². The highest BCUT2D eigenvalue weighted by Gasteiger charge is 2.19. The first-order chi connectivity index (χ1) is 8.16. The van der Waals surface area contributed by atoms with Crippen molar-refractivity contribution in [3.8, 4) is 0 Å². The van der Waals surface area contributed by atoms with Gasteiger partial charge in [0.1, 0.15) is 5.82 Å². The third kappa shape index (κ3) is 3.27. The summed E-state index contributed by atoms with van der Waals surface area (Å²) in [4.78, 5) is 11.9. The zero-order chi connectivity index (χ0) is 12.3. The molecule has 1 N–H and O–H groups in total. The molecule has 1 aliphatic heterocycles. The Morgan fingerprint density at radius 2 is 2.29 bits per heavy atom. The fraction of sp³-hybridized carbons (Fsp3) is 0.462. The predicted octanol–water partition coefficient (Wildman–Crippen LogP) is 3.19. The van der Waals surface area contributed by atoms with Crippen LogP contribution in [0.25, 0.3) is 0 Å². The van der Waals surface area contributed by atoms with Gasteiger partial charge in [-0.3, -0.25) is 4.79 Å². The molecule has 4 heteroatoms. The molecule has 17 heavy (non-hydrogen) atoms. The van der Waals surface area contributed by atoms with Crippen molar-refractivity contribution in [2.75, 3.05) is 6.54 Å². The first kappa shape index (κ1) is 12.5.